The Kier molecular flexibility index (Phi) is 5.72. The Bertz CT molecular complexity index is 562. The van der Waals surface area contributed by atoms with Gasteiger partial charge in [-0.3, -0.25) is 0 Å². The van der Waals surface area contributed by atoms with Gasteiger partial charge in [0.15, 0.2) is 13.5 Å². The number of hydrogen-bond donors (Lipinski definition) is 1. The van der Waals surface area contributed by atoms with Gasteiger partial charge in [0, 0.05) is 21.4 Å². The molecular weight excluding hydrogens is 375 g/mol. The molecule has 0 spiro atoms. The van der Waals surface area contributed by atoms with E-state index < -0.39 is 19.6 Å². The van der Waals surface area contributed by atoms with Crippen molar-refractivity contribution >= 4 is 49.0 Å². The Hall–Kier alpha value is 0.190. The molecule has 0 unspecified atom stereocenters. The zero-order chi connectivity index (χ0) is 14.8. The van der Waals surface area contributed by atoms with Crippen molar-refractivity contribution in [3.05, 3.63) is 33.8 Å². The average molecular weight is 390 g/mol. The fourth-order valence-corrected chi connectivity index (χ4v) is 4.61. The third-order valence-corrected chi connectivity index (χ3v) is 8.39. The topological polar surface area (TPSA) is 54.4 Å². The lowest BCUT2D eigenvalue weighted by atomic mass is 10.0. The normalized spacial score (nSPS) is 16.9. The Morgan fingerprint density at radius 3 is 2.37 bits per heavy atom. The molecule has 0 saturated carbocycles. The fraction of sp³-hybridized carbons (Fsp3) is 0.500. The number of hydrogen-bond acceptors (Lipinski definition) is 3. The lowest BCUT2D eigenvalue weighted by Crippen LogP contribution is -2.39. The molecule has 0 radical (unpaired) electrons. The summed E-state index contributed by atoms with van der Waals surface area (Å²) < 4.78 is 22.9. The molecule has 108 valence electrons. The quantitative estimate of drug-likeness (QED) is 0.775. The van der Waals surface area contributed by atoms with Gasteiger partial charge < -0.3 is 5.11 Å². The van der Waals surface area contributed by atoms with Crippen LogP contribution in [0.5, 0.6) is 0 Å². The van der Waals surface area contributed by atoms with Crippen LogP contribution in [0.3, 0.4) is 0 Å². The van der Waals surface area contributed by atoms with Crippen molar-refractivity contribution < 1.29 is 13.5 Å². The average Bonchev–Trinajstić information content (AvgIpc) is 2.36. The van der Waals surface area contributed by atoms with Gasteiger partial charge in [-0.2, -0.15) is 0 Å². The summed E-state index contributed by atoms with van der Waals surface area (Å²) in [6.45, 7) is 3.23. The number of alkyl halides is 1. The first kappa shape index (κ1) is 17.2. The van der Waals surface area contributed by atoms with E-state index in [1.807, 2.05) is 0 Å². The van der Waals surface area contributed by atoms with E-state index in [-0.39, 0.29) is 17.2 Å². The summed E-state index contributed by atoms with van der Waals surface area (Å²) >= 11 is 15.0. The van der Waals surface area contributed by atoms with Crippen LogP contribution in [0.25, 0.3) is 0 Å². The van der Waals surface area contributed by atoms with Crippen molar-refractivity contribution in [3.8, 4) is 0 Å². The number of aliphatic hydroxyl groups excluding tert-OH is 1. The molecule has 19 heavy (non-hydrogen) atoms. The molecule has 0 heterocycles. The van der Waals surface area contributed by atoms with Crippen molar-refractivity contribution in [2.24, 2.45) is 0 Å². The minimum absolute atomic E-state index is 0.0750. The highest BCUT2D eigenvalue weighted by Gasteiger charge is 2.46. The number of benzene rings is 1. The predicted octanol–water partition coefficient (Wildman–Crippen LogP) is 3.96. The van der Waals surface area contributed by atoms with Crippen molar-refractivity contribution in [2.75, 3.05) is 5.75 Å². The van der Waals surface area contributed by atoms with Gasteiger partial charge in [-0.1, -0.05) is 59.0 Å². The van der Waals surface area contributed by atoms with E-state index in [2.05, 4.69) is 15.9 Å². The van der Waals surface area contributed by atoms with Crippen molar-refractivity contribution in [3.63, 3.8) is 0 Å². The van der Waals surface area contributed by atoms with Gasteiger partial charge in [0.25, 0.3) is 0 Å². The standard InChI is InChI=1S/C12H15BrCl2O3S/c1-3-12(13,19(17,18)4-2)11(16)9-6-5-8(14)7-10(9)15/h5-7,11,16H,3-4H2,1-2H3/t11-,12+/m0/s1. The Morgan fingerprint density at radius 2 is 1.95 bits per heavy atom. The number of halogens is 3. The molecule has 0 aromatic heterocycles. The molecule has 1 aromatic rings. The van der Waals surface area contributed by atoms with Crippen molar-refractivity contribution in [1.82, 2.24) is 0 Å². The van der Waals surface area contributed by atoms with Crippen molar-refractivity contribution in [2.45, 2.75) is 30.0 Å². The van der Waals surface area contributed by atoms with Crippen LogP contribution in [0, 0.1) is 0 Å². The van der Waals surface area contributed by atoms with Gasteiger partial charge in [0.05, 0.1) is 0 Å². The summed E-state index contributed by atoms with van der Waals surface area (Å²) in [5.41, 5.74) is 0.335. The largest absolute Gasteiger partial charge is 0.386 e. The highest BCUT2D eigenvalue weighted by Crippen LogP contribution is 2.44. The lowest BCUT2D eigenvalue weighted by Gasteiger charge is -2.31. The van der Waals surface area contributed by atoms with Crippen LogP contribution in [-0.4, -0.2) is 22.9 Å². The number of aliphatic hydroxyl groups is 1. The first-order chi connectivity index (χ1) is 8.69. The first-order valence-electron chi connectivity index (χ1n) is 5.73. The summed E-state index contributed by atoms with van der Waals surface area (Å²) in [5, 5.41) is 11.1. The molecular formula is C12H15BrCl2O3S. The predicted molar refractivity (Wildman–Crippen MR) is 82.8 cm³/mol. The smallest absolute Gasteiger partial charge is 0.168 e. The van der Waals surface area contributed by atoms with Crippen LogP contribution in [0.15, 0.2) is 18.2 Å². The number of sulfone groups is 1. The SMILES string of the molecule is CC[C@](Br)([C@@H](O)c1ccc(Cl)cc1Cl)S(=O)(=O)CC. The van der Waals surface area contributed by atoms with Crippen LogP contribution in [0.2, 0.25) is 10.0 Å². The van der Waals surface area contributed by atoms with Crippen LogP contribution >= 0.6 is 39.1 Å². The molecule has 0 bridgehead atoms. The van der Waals surface area contributed by atoms with E-state index in [0.717, 1.165) is 0 Å². The highest BCUT2D eigenvalue weighted by atomic mass is 79.9. The van der Waals surface area contributed by atoms with Gasteiger partial charge in [-0.05, 0) is 18.6 Å². The maximum Gasteiger partial charge on any atom is 0.168 e. The van der Waals surface area contributed by atoms with Crippen LogP contribution in [0.4, 0.5) is 0 Å². The van der Waals surface area contributed by atoms with E-state index in [0.29, 0.717) is 10.6 Å². The van der Waals surface area contributed by atoms with Gasteiger partial charge in [-0.25, -0.2) is 8.42 Å². The minimum Gasteiger partial charge on any atom is -0.386 e. The summed E-state index contributed by atoms with van der Waals surface area (Å²) in [4.78, 5) is 0. The van der Waals surface area contributed by atoms with E-state index in [4.69, 9.17) is 23.2 Å². The lowest BCUT2D eigenvalue weighted by molar-refractivity contribution is 0.160. The van der Waals surface area contributed by atoms with Crippen molar-refractivity contribution in [1.29, 1.82) is 0 Å². The van der Waals surface area contributed by atoms with Gasteiger partial charge in [-0.15, -0.1) is 0 Å². The minimum atomic E-state index is -3.51. The Morgan fingerprint density at radius 1 is 1.37 bits per heavy atom. The molecule has 2 atom stereocenters. The molecule has 1 rings (SSSR count). The second-order valence-electron chi connectivity index (χ2n) is 4.11. The maximum absolute atomic E-state index is 12.2. The zero-order valence-corrected chi connectivity index (χ0v) is 14.4. The van der Waals surface area contributed by atoms with E-state index in [9.17, 15) is 13.5 Å². The van der Waals surface area contributed by atoms with E-state index in [1.165, 1.54) is 19.1 Å². The van der Waals surface area contributed by atoms with Gasteiger partial charge >= 0.3 is 0 Å². The third-order valence-electron chi connectivity index (χ3n) is 3.04. The molecule has 0 saturated heterocycles. The summed E-state index contributed by atoms with van der Waals surface area (Å²) in [7, 11) is -3.51. The highest BCUT2D eigenvalue weighted by molar-refractivity contribution is 9.11. The second kappa shape index (κ2) is 6.31. The zero-order valence-electron chi connectivity index (χ0n) is 10.5. The van der Waals surface area contributed by atoms with Crippen LogP contribution in [-0.2, 0) is 9.84 Å². The fourth-order valence-electron chi connectivity index (χ4n) is 1.78. The first-order valence-corrected chi connectivity index (χ1v) is 8.94. The summed E-state index contributed by atoms with van der Waals surface area (Å²) in [5.74, 6) is -0.0750. The molecule has 0 aliphatic heterocycles. The number of rotatable bonds is 5. The molecule has 0 amide bonds. The summed E-state index contributed by atoms with van der Waals surface area (Å²) in [6, 6.07) is 4.57. The van der Waals surface area contributed by atoms with E-state index >= 15 is 0 Å². The molecule has 0 aliphatic carbocycles. The molecule has 0 fully saturated rings. The van der Waals surface area contributed by atoms with Gasteiger partial charge in [0.2, 0.25) is 0 Å². The van der Waals surface area contributed by atoms with Gasteiger partial charge in [0.1, 0.15) is 6.10 Å². The molecule has 0 aliphatic rings. The monoisotopic (exact) mass is 388 g/mol. The van der Waals surface area contributed by atoms with E-state index in [1.54, 1.807) is 13.0 Å². The molecule has 7 heteroatoms. The maximum atomic E-state index is 12.2. The molecule has 1 aromatic carbocycles. The molecule has 3 nitrogen and oxygen atoms in total. The Balaban J connectivity index is 3.34. The van der Waals surface area contributed by atoms with Crippen LogP contribution in [0.1, 0.15) is 31.9 Å². The van der Waals surface area contributed by atoms with Crippen LogP contribution < -0.4 is 0 Å². The summed E-state index contributed by atoms with van der Waals surface area (Å²) in [6.07, 6.45) is -1.06. The second-order valence-corrected chi connectivity index (χ2v) is 9.43. The third kappa shape index (κ3) is 3.27. The molecule has 1 N–H and O–H groups in total. The Labute approximate surface area is 132 Å².